The molecule has 1 heterocycles. The molecule has 0 aliphatic carbocycles. The maximum absolute atomic E-state index is 13.8. The normalized spacial score (nSPS) is 17.6. The number of aliphatic carboxylic acids is 1. The van der Waals surface area contributed by atoms with E-state index in [0.717, 1.165) is 30.5 Å². The van der Waals surface area contributed by atoms with Gasteiger partial charge >= 0.3 is 5.97 Å². The Balaban J connectivity index is 1.54. The number of carboxylic acids is 1. The highest BCUT2D eigenvalue weighted by molar-refractivity contribution is 6.18. The average Bonchev–Trinajstić information content (AvgIpc) is 3.51. The number of nitrogens with one attached hydrogen (secondary N) is 1. The van der Waals surface area contributed by atoms with Crippen molar-refractivity contribution in [3.8, 4) is 0 Å². The van der Waals surface area contributed by atoms with Gasteiger partial charge in [-0.05, 0) is 43.0 Å². The van der Waals surface area contributed by atoms with E-state index in [1.165, 1.54) is 5.56 Å². The van der Waals surface area contributed by atoms with Gasteiger partial charge in [-0.25, -0.2) is 4.79 Å². The number of likely N-dealkylation sites (tertiary alicyclic amines) is 1. The predicted molar refractivity (Wildman–Crippen MR) is 173 cm³/mol. The standard InChI is InChI=1S/C37H39N3O3/c1-3-37(36(42)43,27(2)29-18-9-5-10-19-29)39-34(30-20-11-6-12-21-30)31-22-13-14-23-32(31)38-35(41)33-24-15-25-40(33)26-28-16-7-4-8-17-28/h4-14,16-23,27,33H,3,15,24-26H2,1-2H3,(H,38,41)(H,42,43)/t27-,33+,37+/m1/s1. The number of para-hydroxylation sites is 1. The van der Waals surface area contributed by atoms with Crippen LogP contribution >= 0.6 is 0 Å². The van der Waals surface area contributed by atoms with Gasteiger partial charge in [0.2, 0.25) is 5.91 Å². The molecule has 4 aromatic carbocycles. The van der Waals surface area contributed by atoms with Gasteiger partial charge in [0, 0.05) is 23.6 Å². The van der Waals surface area contributed by atoms with Crippen molar-refractivity contribution < 1.29 is 14.7 Å². The molecule has 0 aromatic heterocycles. The second-order valence-electron chi connectivity index (χ2n) is 11.2. The lowest BCUT2D eigenvalue weighted by molar-refractivity contribution is -0.144. The van der Waals surface area contributed by atoms with Gasteiger partial charge in [0.05, 0.1) is 17.4 Å². The van der Waals surface area contributed by atoms with Crippen molar-refractivity contribution in [1.29, 1.82) is 0 Å². The topological polar surface area (TPSA) is 82.0 Å². The van der Waals surface area contributed by atoms with E-state index in [-0.39, 0.29) is 11.9 Å². The Morgan fingerprint density at radius 3 is 2.16 bits per heavy atom. The first kappa shape index (κ1) is 29.9. The van der Waals surface area contributed by atoms with E-state index in [1.54, 1.807) is 0 Å². The molecule has 220 valence electrons. The van der Waals surface area contributed by atoms with Gasteiger partial charge in [-0.15, -0.1) is 0 Å². The number of benzene rings is 4. The van der Waals surface area contributed by atoms with Crippen LogP contribution in [0.3, 0.4) is 0 Å². The Kier molecular flexibility index (Phi) is 9.48. The monoisotopic (exact) mass is 573 g/mol. The van der Waals surface area contributed by atoms with Crippen molar-refractivity contribution in [3.05, 3.63) is 138 Å². The maximum Gasteiger partial charge on any atom is 0.332 e. The fraction of sp³-hybridized carbons (Fsp3) is 0.270. The minimum atomic E-state index is -1.43. The first-order valence-corrected chi connectivity index (χ1v) is 15.0. The Hall–Kier alpha value is -4.55. The average molecular weight is 574 g/mol. The number of hydrogen-bond donors (Lipinski definition) is 2. The van der Waals surface area contributed by atoms with Crippen LogP contribution in [0.5, 0.6) is 0 Å². The first-order chi connectivity index (χ1) is 20.9. The van der Waals surface area contributed by atoms with Crippen LogP contribution in [0.25, 0.3) is 0 Å². The number of hydrogen-bond acceptors (Lipinski definition) is 4. The second-order valence-corrected chi connectivity index (χ2v) is 11.2. The number of amides is 1. The molecule has 2 N–H and O–H groups in total. The van der Waals surface area contributed by atoms with Crippen LogP contribution in [0.15, 0.2) is 120 Å². The van der Waals surface area contributed by atoms with Crippen molar-refractivity contribution in [3.63, 3.8) is 0 Å². The number of anilines is 1. The van der Waals surface area contributed by atoms with Crippen molar-refractivity contribution in [2.24, 2.45) is 4.99 Å². The summed E-state index contributed by atoms with van der Waals surface area (Å²) >= 11 is 0. The lowest BCUT2D eigenvalue weighted by Gasteiger charge is -2.32. The van der Waals surface area contributed by atoms with E-state index in [9.17, 15) is 14.7 Å². The summed E-state index contributed by atoms with van der Waals surface area (Å²) in [4.78, 5) is 34.3. The van der Waals surface area contributed by atoms with Crippen molar-refractivity contribution in [2.45, 2.75) is 57.2 Å². The molecule has 6 nitrogen and oxygen atoms in total. The molecule has 1 amide bonds. The van der Waals surface area contributed by atoms with E-state index >= 15 is 0 Å². The molecule has 0 spiro atoms. The van der Waals surface area contributed by atoms with Gasteiger partial charge < -0.3 is 10.4 Å². The summed E-state index contributed by atoms with van der Waals surface area (Å²) in [6, 6.07) is 36.8. The van der Waals surface area contributed by atoms with Gasteiger partial charge in [0.25, 0.3) is 0 Å². The molecular formula is C37H39N3O3. The SMILES string of the molecule is CC[C@@](N=C(c1ccccc1)c1ccccc1NC(=O)[C@@H]1CCCN1Cc1ccccc1)(C(=O)O)[C@H](C)c1ccccc1. The van der Waals surface area contributed by atoms with Gasteiger partial charge in [-0.2, -0.15) is 0 Å². The smallest absolute Gasteiger partial charge is 0.332 e. The number of carbonyl (C=O) groups is 2. The Bertz CT molecular complexity index is 1560. The minimum absolute atomic E-state index is 0.0639. The number of carbonyl (C=O) groups excluding carboxylic acids is 1. The van der Waals surface area contributed by atoms with Crippen LogP contribution < -0.4 is 5.32 Å². The molecule has 43 heavy (non-hydrogen) atoms. The van der Waals surface area contributed by atoms with Gasteiger partial charge in [-0.1, -0.05) is 123 Å². The highest BCUT2D eigenvalue weighted by Gasteiger charge is 2.43. The molecular weight excluding hydrogens is 534 g/mol. The third-order valence-electron chi connectivity index (χ3n) is 8.62. The molecule has 0 radical (unpaired) electrons. The molecule has 1 fully saturated rings. The molecule has 0 unspecified atom stereocenters. The van der Waals surface area contributed by atoms with E-state index in [2.05, 4.69) is 22.3 Å². The Morgan fingerprint density at radius 2 is 1.51 bits per heavy atom. The van der Waals surface area contributed by atoms with Crippen molar-refractivity contribution in [1.82, 2.24) is 4.90 Å². The zero-order valence-corrected chi connectivity index (χ0v) is 24.8. The first-order valence-electron chi connectivity index (χ1n) is 15.0. The molecule has 4 aromatic rings. The summed E-state index contributed by atoms with van der Waals surface area (Å²) < 4.78 is 0. The summed E-state index contributed by atoms with van der Waals surface area (Å²) in [5.74, 6) is -1.45. The van der Waals surface area contributed by atoms with Gasteiger partial charge in [0.1, 0.15) is 0 Å². The lowest BCUT2D eigenvalue weighted by atomic mass is 9.78. The van der Waals surface area contributed by atoms with Gasteiger partial charge in [0.15, 0.2) is 5.54 Å². The van der Waals surface area contributed by atoms with Crippen LogP contribution in [-0.4, -0.2) is 45.7 Å². The van der Waals surface area contributed by atoms with E-state index < -0.39 is 17.4 Å². The lowest BCUT2D eigenvalue weighted by Crippen LogP contribution is -2.42. The zero-order valence-electron chi connectivity index (χ0n) is 24.8. The largest absolute Gasteiger partial charge is 0.479 e. The Labute approximate surface area is 254 Å². The number of carboxylic acid groups (broad SMARTS) is 1. The summed E-state index contributed by atoms with van der Waals surface area (Å²) in [5.41, 5.74) is 3.29. The fourth-order valence-electron chi connectivity index (χ4n) is 6.10. The molecule has 1 saturated heterocycles. The minimum Gasteiger partial charge on any atom is -0.479 e. The molecule has 3 atom stereocenters. The maximum atomic E-state index is 13.8. The molecule has 0 saturated carbocycles. The fourth-order valence-corrected chi connectivity index (χ4v) is 6.10. The summed E-state index contributed by atoms with van der Waals surface area (Å²) in [6.45, 7) is 5.37. The molecule has 5 rings (SSSR count). The van der Waals surface area contributed by atoms with Gasteiger partial charge in [-0.3, -0.25) is 14.7 Å². The quantitative estimate of drug-likeness (QED) is 0.187. The third kappa shape index (κ3) is 6.60. The highest BCUT2D eigenvalue weighted by Crippen LogP contribution is 2.37. The summed E-state index contributed by atoms with van der Waals surface area (Å²) in [7, 11) is 0. The van der Waals surface area contributed by atoms with Crippen LogP contribution in [0.1, 0.15) is 61.3 Å². The predicted octanol–water partition coefficient (Wildman–Crippen LogP) is 7.16. The van der Waals surface area contributed by atoms with Crippen molar-refractivity contribution >= 4 is 23.3 Å². The van der Waals surface area contributed by atoms with E-state index in [4.69, 9.17) is 4.99 Å². The second kappa shape index (κ2) is 13.6. The van der Waals surface area contributed by atoms with Crippen molar-refractivity contribution in [2.75, 3.05) is 11.9 Å². The van der Waals surface area contributed by atoms with Crippen LogP contribution in [0, 0.1) is 0 Å². The van der Waals surface area contributed by atoms with Crippen LogP contribution in [0.2, 0.25) is 0 Å². The Morgan fingerprint density at radius 1 is 0.907 bits per heavy atom. The highest BCUT2D eigenvalue weighted by atomic mass is 16.4. The molecule has 0 bridgehead atoms. The zero-order chi connectivity index (χ0) is 30.2. The number of aliphatic imine (C=N–C) groups is 1. The number of nitrogens with zero attached hydrogens (tertiary/aromatic N) is 2. The molecule has 1 aliphatic rings. The summed E-state index contributed by atoms with van der Waals surface area (Å²) in [5, 5.41) is 13.9. The van der Waals surface area contributed by atoms with E-state index in [1.807, 2.05) is 117 Å². The van der Waals surface area contributed by atoms with Crippen LogP contribution in [0.4, 0.5) is 5.69 Å². The van der Waals surface area contributed by atoms with E-state index in [0.29, 0.717) is 29.9 Å². The molecule has 6 heteroatoms. The third-order valence-corrected chi connectivity index (χ3v) is 8.62. The summed E-state index contributed by atoms with van der Waals surface area (Å²) in [6.07, 6.45) is 2.03. The van der Waals surface area contributed by atoms with Crippen LogP contribution in [-0.2, 0) is 16.1 Å². The molecule has 1 aliphatic heterocycles. The number of rotatable bonds is 11.